The number of nitrogens with zero attached hydrogens (tertiary/aromatic N) is 1. The Kier molecular flexibility index (Phi) is 6.28. The summed E-state index contributed by atoms with van der Waals surface area (Å²) >= 11 is 6.02. The smallest absolute Gasteiger partial charge is 0.337 e. The quantitative estimate of drug-likeness (QED) is 0.281. The normalized spacial score (nSPS) is 12.8. The molecule has 33 heavy (non-hydrogen) atoms. The third-order valence-electron chi connectivity index (χ3n) is 5.60. The number of halogens is 1. The molecule has 0 bridgehead atoms. The zero-order chi connectivity index (χ0) is 23.8. The summed E-state index contributed by atoms with van der Waals surface area (Å²) in [6.07, 6.45) is 1.57. The number of carbonyl (C=O) groups is 1. The first-order valence-corrected chi connectivity index (χ1v) is 12.3. The molecule has 2 aromatic carbocycles. The largest absolute Gasteiger partial charge is 0.465 e. The standard InChI is InChI=1S/C25H23ClN2O4S/c1-15(2)16-8-10-20(11-9-16)33(30,31)24(17-4-6-18(7-5-17)25(29)32-3)21-12-19-13-23(26)27-14-22(19)28-21/h4-15,24,28H,1-3H3. The van der Waals surface area contributed by atoms with E-state index in [1.54, 1.807) is 54.7 Å². The molecule has 2 aromatic heterocycles. The van der Waals surface area contributed by atoms with Crippen LogP contribution in [-0.4, -0.2) is 31.5 Å². The van der Waals surface area contributed by atoms with Gasteiger partial charge in [0.05, 0.1) is 29.3 Å². The van der Waals surface area contributed by atoms with E-state index in [-0.39, 0.29) is 10.8 Å². The second-order valence-electron chi connectivity index (χ2n) is 8.08. The zero-order valence-electron chi connectivity index (χ0n) is 18.4. The Morgan fingerprint density at radius 1 is 1.00 bits per heavy atom. The topological polar surface area (TPSA) is 89.1 Å². The SMILES string of the molecule is COC(=O)c1ccc(C(c2cc3cc(Cl)ncc3[nH]2)S(=O)(=O)c2ccc(C(C)C)cc2)cc1. The highest BCUT2D eigenvalue weighted by Gasteiger charge is 2.32. The summed E-state index contributed by atoms with van der Waals surface area (Å²) in [7, 11) is -2.55. The van der Waals surface area contributed by atoms with Gasteiger partial charge in [-0.15, -0.1) is 0 Å². The molecule has 4 rings (SSSR count). The first-order valence-electron chi connectivity index (χ1n) is 10.4. The molecule has 0 saturated heterocycles. The number of hydrogen-bond acceptors (Lipinski definition) is 5. The Bertz CT molecular complexity index is 1410. The second kappa shape index (κ2) is 9.00. The van der Waals surface area contributed by atoms with Crippen LogP contribution in [0, 0.1) is 0 Å². The lowest BCUT2D eigenvalue weighted by Crippen LogP contribution is -2.16. The highest BCUT2D eigenvalue weighted by molar-refractivity contribution is 7.91. The van der Waals surface area contributed by atoms with Crippen LogP contribution in [-0.2, 0) is 14.6 Å². The first kappa shape index (κ1) is 23.0. The van der Waals surface area contributed by atoms with Crippen molar-refractivity contribution in [3.05, 3.63) is 94.4 Å². The molecule has 1 atom stereocenters. The number of carbonyl (C=O) groups excluding carboxylic acids is 1. The number of nitrogens with one attached hydrogen (secondary N) is 1. The van der Waals surface area contributed by atoms with Crippen LogP contribution in [0.4, 0.5) is 0 Å². The highest BCUT2D eigenvalue weighted by atomic mass is 35.5. The average molecular weight is 483 g/mol. The van der Waals surface area contributed by atoms with Crippen molar-refractivity contribution in [1.82, 2.24) is 9.97 Å². The lowest BCUT2D eigenvalue weighted by Gasteiger charge is -2.18. The Labute approximate surface area is 197 Å². The summed E-state index contributed by atoms with van der Waals surface area (Å²) < 4.78 is 32.5. The van der Waals surface area contributed by atoms with Crippen LogP contribution in [0.1, 0.15) is 52.2 Å². The summed E-state index contributed by atoms with van der Waals surface area (Å²) in [5.74, 6) is -0.203. The number of rotatable bonds is 6. The zero-order valence-corrected chi connectivity index (χ0v) is 19.9. The van der Waals surface area contributed by atoms with Crippen LogP contribution >= 0.6 is 11.6 Å². The molecule has 0 aliphatic rings. The molecule has 0 amide bonds. The fourth-order valence-electron chi connectivity index (χ4n) is 3.78. The first-order chi connectivity index (χ1) is 15.7. The minimum Gasteiger partial charge on any atom is -0.465 e. The number of H-pyrrole nitrogens is 1. The molecule has 0 saturated carbocycles. The molecule has 4 aromatic rings. The van der Waals surface area contributed by atoms with E-state index in [2.05, 4.69) is 23.8 Å². The van der Waals surface area contributed by atoms with Gasteiger partial charge < -0.3 is 9.72 Å². The molecular formula is C25H23ClN2O4S. The molecule has 2 heterocycles. The number of benzene rings is 2. The van der Waals surface area contributed by atoms with Gasteiger partial charge in [0, 0.05) is 11.1 Å². The van der Waals surface area contributed by atoms with E-state index in [0.717, 1.165) is 10.9 Å². The van der Waals surface area contributed by atoms with E-state index in [1.807, 2.05) is 12.1 Å². The van der Waals surface area contributed by atoms with Gasteiger partial charge in [0.2, 0.25) is 0 Å². The molecule has 1 N–H and O–H groups in total. The van der Waals surface area contributed by atoms with Crippen LogP contribution in [0.5, 0.6) is 0 Å². The number of ether oxygens (including phenoxy) is 1. The van der Waals surface area contributed by atoms with E-state index in [9.17, 15) is 13.2 Å². The molecule has 6 nitrogen and oxygen atoms in total. The highest BCUT2D eigenvalue weighted by Crippen LogP contribution is 2.37. The number of aromatic nitrogens is 2. The van der Waals surface area contributed by atoms with E-state index in [0.29, 0.717) is 27.5 Å². The third-order valence-corrected chi connectivity index (χ3v) is 7.88. The van der Waals surface area contributed by atoms with Gasteiger partial charge in [-0.05, 0) is 53.4 Å². The van der Waals surface area contributed by atoms with Gasteiger partial charge >= 0.3 is 5.97 Å². The van der Waals surface area contributed by atoms with Crippen LogP contribution < -0.4 is 0 Å². The van der Waals surface area contributed by atoms with Crippen LogP contribution in [0.2, 0.25) is 5.15 Å². The van der Waals surface area contributed by atoms with Crippen molar-refractivity contribution < 1.29 is 17.9 Å². The Morgan fingerprint density at radius 3 is 2.24 bits per heavy atom. The second-order valence-corrected chi connectivity index (χ2v) is 10.5. The average Bonchev–Trinajstić information content (AvgIpc) is 3.21. The number of aromatic amines is 1. The van der Waals surface area contributed by atoms with Gasteiger partial charge in [-0.3, -0.25) is 0 Å². The Hall–Kier alpha value is -3.16. The van der Waals surface area contributed by atoms with Crippen LogP contribution in [0.25, 0.3) is 10.9 Å². The molecule has 8 heteroatoms. The Morgan fingerprint density at radius 2 is 1.64 bits per heavy atom. The lowest BCUT2D eigenvalue weighted by molar-refractivity contribution is 0.0600. The predicted octanol–water partition coefficient (Wildman–Crippen LogP) is 5.69. The van der Waals surface area contributed by atoms with Crippen molar-refractivity contribution in [3.8, 4) is 0 Å². The van der Waals surface area contributed by atoms with Gasteiger partial charge in [-0.2, -0.15) is 0 Å². The number of hydrogen-bond donors (Lipinski definition) is 1. The molecule has 1 unspecified atom stereocenters. The number of sulfone groups is 1. The van der Waals surface area contributed by atoms with Crippen molar-refractivity contribution in [2.45, 2.75) is 29.9 Å². The van der Waals surface area contributed by atoms with Gasteiger partial charge in [0.25, 0.3) is 0 Å². The molecule has 0 radical (unpaired) electrons. The number of fused-ring (bicyclic) bond motifs is 1. The van der Waals surface area contributed by atoms with Gasteiger partial charge in [-0.25, -0.2) is 18.2 Å². The Balaban J connectivity index is 1.87. The fraction of sp³-hybridized carbons (Fsp3) is 0.200. The monoisotopic (exact) mass is 482 g/mol. The predicted molar refractivity (Wildman–Crippen MR) is 128 cm³/mol. The molecule has 170 valence electrons. The number of esters is 1. The number of methoxy groups -OCH3 is 1. The number of pyridine rings is 1. The van der Waals surface area contributed by atoms with Crippen LogP contribution in [0.3, 0.4) is 0 Å². The summed E-state index contributed by atoms with van der Waals surface area (Å²) in [5, 5.41) is 0.0472. The third kappa shape index (κ3) is 4.51. The maximum absolute atomic E-state index is 13.9. The molecule has 0 spiro atoms. The van der Waals surface area contributed by atoms with E-state index >= 15 is 0 Å². The van der Waals surface area contributed by atoms with E-state index < -0.39 is 21.1 Å². The lowest BCUT2D eigenvalue weighted by atomic mass is 10.0. The maximum Gasteiger partial charge on any atom is 0.337 e. The van der Waals surface area contributed by atoms with Crippen molar-refractivity contribution in [1.29, 1.82) is 0 Å². The molecule has 0 aliphatic heterocycles. The summed E-state index contributed by atoms with van der Waals surface area (Å²) in [5.41, 5.74) is 3.07. The van der Waals surface area contributed by atoms with Crippen molar-refractivity contribution >= 4 is 38.3 Å². The minimum atomic E-state index is -3.85. The molecule has 0 aliphatic carbocycles. The maximum atomic E-state index is 13.9. The van der Waals surface area contributed by atoms with Crippen molar-refractivity contribution in [3.63, 3.8) is 0 Å². The molecule has 0 fully saturated rings. The van der Waals surface area contributed by atoms with E-state index in [4.69, 9.17) is 16.3 Å². The molecular weight excluding hydrogens is 460 g/mol. The van der Waals surface area contributed by atoms with E-state index in [1.165, 1.54) is 7.11 Å². The fourth-order valence-corrected chi connectivity index (χ4v) is 5.72. The summed E-state index contributed by atoms with van der Waals surface area (Å²) in [6, 6.07) is 16.8. The minimum absolute atomic E-state index is 0.212. The van der Waals surface area contributed by atoms with Crippen molar-refractivity contribution in [2.24, 2.45) is 0 Å². The van der Waals surface area contributed by atoms with Crippen molar-refractivity contribution in [2.75, 3.05) is 7.11 Å². The van der Waals surface area contributed by atoms with Gasteiger partial charge in [0.15, 0.2) is 9.84 Å². The summed E-state index contributed by atoms with van der Waals surface area (Å²) in [4.78, 5) is 19.3. The van der Waals surface area contributed by atoms with Crippen LogP contribution in [0.15, 0.2) is 71.8 Å². The van der Waals surface area contributed by atoms with Gasteiger partial charge in [0.1, 0.15) is 10.4 Å². The summed E-state index contributed by atoms with van der Waals surface area (Å²) in [6.45, 7) is 4.11. The van der Waals surface area contributed by atoms with Gasteiger partial charge in [-0.1, -0.05) is 49.7 Å².